The zero-order valence-electron chi connectivity index (χ0n) is 12.2. The van der Waals surface area contributed by atoms with E-state index in [-0.39, 0.29) is 5.56 Å². The van der Waals surface area contributed by atoms with Gasteiger partial charge in [0.2, 0.25) is 5.95 Å². The zero-order valence-corrected chi connectivity index (χ0v) is 12.2. The van der Waals surface area contributed by atoms with E-state index in [9.17, 15) is 4.79 Å². The number of rotatable bonds is 2. The molecule has 5 nitrogen and oxygen atoms in total. The molecule has 3 rings (SSSR count). The molecule has 0 saturated carbocycles. The lowest BCUT2D eigenvalue weighted by molar-refractivity contribution is 0.879. The minimum Gasteiger partial charge on any atom is -0.347 e. The molecule has 0 saturated heterocycles. The average Bonchev–Trinajstić information content (AvgIpc) is 2.51. The van der Waals surface area contributed by atoms with Gasteiger partial charge in [-0.2, -0.15) is 4.98 Å². The summed E-state index contributed by atoms with van der Waals surface area (Å²) in [5.41, 5.74) is 2.14. The lowest BCUT2D eigenvalue weighted by Crippen LogP contribution is -2.21. The Kier molecular flexibility index (Phi) is 3.17. The van der Waals surface area contributed by atoms with Crippen LogP contribution in [-0.4, -0.2) is 28.6 Å². The Bertz CT molecular complexity index is 853. The predicted octanol–water partition coefficient (Wildman–Crippen LogP) is 2.06. The Morgan fingerprint density at radius 2 is 1.86 bits per heavy atom. The standard InChI is InChI=1S/C16H16N4O/c1-19(2)16-17-10-12-9-13(11-7-5-4-6-8-11)15(21)20(3)14(12)18-16/h4-10H,1-3H3. The maximum Gasteiger partial charge on any atom is 0.259 e. The molecule has 1 aromatic carbocycles. The van der Waals surface area contributed by atoms with Crippen LogP contribution in [0.15, 0.2) is 47.4 Å². The van der Waals surface area contributed by atoms with Crippen LogP contribution >= 0.6 is 0 Å². The summed E-state index contributed by atoms with van der Waals surface area (Å²) in [6, 6.07) is 11.5. The monoisotopic (exact) mass is 280 g/mol. The molecule has 0 N–H and O–H groups in total. The lowest BCUT2D eigenvalue weighted by Gasteiger charge is -2.12. The van der Waals surface area contributed by atoms with Crippen LogP contribution in [0.25, 0.3) is 22.2 Å². The second-order valence-corrected chi connectivity index (χ2v) is 5.13. The van der Waals surface area contributed by atoms with E-state index < -0.39 is 0 Å². The second kappa shape index (κ2) is 5.01. The minimum absolute atomic E-state index is 0.0582. The van der Waals surface area contributed by atoms with Gasteiger partial charge in [-0.1, -0.05) is 30.3 Å². The van der Waals surface area contributed by atoms with Crippen LogP contribution in [0.1, 0.15) is 0 Å². The van der Waals surface area contributed by atoms with Gasteiger partial charge in [0.25, 0.3) is 5.56 Å². The first-order chi connectivity index (χ1) is 10.1. The molecule has 3 aromatic rings. The summed E-state index contributed by atoms with van der Waals surface area (Å²) in [4.78, 5) is 23.1. The number of hydrogen-bond acceptors (Lipinski definition) is 4. The zero-order chi connectivity index (χ0) is 15.0. The highest BCUT2D eigenvalue weighted by Gasteiger charge is 2.11. The maximum absolute atomic E-state index is 12.6. The highest BCUT2D eigenvalue weighted by Crippen LogP contribution is 2.20. The molecule has 2 aromatic heterocycles. The maximum atomic E-state index is 12.6. The number of aromatic nitrogens is 3. The van der Waals surface area contributed by atoms with Gasteiger partial charge in [0.05, 0.1) is 0 Å². The lowest BCUT2D eigenvalue weighted by atomic mass is 10.1. The van der Waals surface area contributed by atoms with Crippen LogP contribution in [0.2, 0.25) is 0 Å². The highest BCUT2D eigenvalue weighted by molar-refractivity contribution is 5.81. The van der Waals surface area contributed by atoms with Crippen molar-refractivity contribution in [1.82, 2.24) is 14.5 Å². The third-order valence-corrected chi connectivity index (χ3v) is 3.42. The van der Waals surface area contributed by atoms with Gasteiger partial charge < -0.3 is 4.90 Å². The third kappa shape index (κ3) is 2.27. The summed E-state index contributed by atoms with van der Waals surface area (Å²) >= 11 is 0. The van der Waals surface area contributed by atoms with Crippen LogP contribution in [0.4, 0.5) is 5.95 Å². The SMILES string of the molecule is CN(C)c1ncc2cc(-c3ccccc3)c(=O)n(C)c2n1. The Morgan fingerprint density at radius 3 is 2.52 bits per heavy atom. The van der Waals surface area contributed by atoms with Gasteiger partial charge in [-0.05, 0) is 11.6 Å². The molecule has 0 aliphatic carbocycles. The number of anilines is 1. The van der Waals surface area contributed by atoms with Crippen molar-refractivity contribution in [2.24, 2.45) is 7.05 Å². The van der Waals surface area contributed by atoms with Crippen molar-refractivity contribution in [1.29, 1.82) is 0 Å². The number of pyridine rings is 1. The van der Waals surface area contributed by atoms with Crippen LogP contribution in [-0.2, 0) is 7.05 Å². The van der Waals surface area contributed by atoms with Crippen molar-refractivity contribution in [3.63, 3.8) is 0 Å². The number of benzene rings is 1. The van der Waals surface area contributed by atoms with Gasteiger partial charge in [0.15, 0.2) is 0 Å². The van der Waals surface area contributed by atoms with E-state index in [4.69, 9.17) is 0 Å². The molecule has 0 unspecified atom stereocenters. The number of aryl methyl sites for hydroxylation is 1. The van der Waals surface area contributed by atoms with Gasteiger partial charge in [-0.3, -0.25) is 9.36 Å². The quantitative estimate of drug-likeness (QED) is 0.721. The van der Waals surface area contributed by atoms with E-state index in [1.807, 2.05) is 55.4 Å². The molecule has 0 spiro atoms. The summed E-state index contributed by atoms with van der Waals surface area (Å²) in [5, 5.41) is 0.849. The van der Waals surface area contributed by atoms with Gasteiger partial charge in [-0.25, -0.2) is 4.98 Å². The first-order valence-corrected chi connectivity index (χ1v) is 6.67. The van der Waals surface area contributed by atoms with E-state index >= 15 is 0 Å². The molecule has 0 bridgehead atoms. The Balaban J connectivity index is 2.30. The summed E-state index contributed by atoms with van der Waals surface area (Å²) in [6.07, 6.45) is 1.75. The summed E-state index contributed by atoms with van der Waals surface area (Å²) < 4.78 is 1.58. The van der Waals surface area contributed by atoms with Crippen LogP contribution in [0.5, 0.6) is 0 Å². The molecule has 0 aliphatic heterocycles. The molecule has 0 atom stereocenters. The van der Waals surface area contributed by atoms with Gasteiger partial charge in [0, 0.05) is 38.3 Å². The highest BCUT2D eigenvalue weighted by atomic mass is 16.1. The normalized spacial score (nSPS) is 10.8. The van der Waals surface area contributed by atoms with E-state index in [2.05, 4.69) is 9.97 Å². The first-order valence-electron chi connectivity index (χ1n) is 6.67. The fourth-order valence-electron chi connectivity index (χ4n) is 2.28. The molecule has 5 heteroatoms. The van der Waals surface area contributed by atoms with Crippen LogP contribution in [0, 0.1) is 0 Å². The van der Waals surface area contributed by atoms with Crippen molar-refractivity contribution in [3.05, 3.63) is 52.9 Å². The van der Waals surface area contributed by atoms with Crippen molar-refractivity contribution in [2.45, 2.75) is 0 Å². The van der Waals surface area contributed by atoms with Gasteiger partial charge in [-0.15, -0.1) is 0 Å². The summed E-state index contributed by atoms with van der Waals surface area (Å²) in [7, 11) is 5.48. The van der Waals surface area contributed by atoms with Crippen molar-refractivity contribution >= 4 is 17.0 Å². The van der Waals surface area contributed by atoms with Crippen molar-refractivity contribution in [3.8, 4) is 11.1 Å². The Hall–Kier alpha value is -2.69. The molecular weight excluding hydrogens is 264 g/mol. The molecule has 106 valence electrons. The van der Waals surface area contributed by atoms with Crippen molar-refractivity contribution in [2.75, 3.05) is 19.0 Å². The van der Waals surface area contributed by atoms with Crippen LogP contribution in [0.3, 0.4) is 0 Å². The molecule has 0 radical (unpaired) electrons. The van der Waals surface area contributed by atoms with E-state index in [1.165, 1.54) is 0 Å². The second-order valence-electron chi connectivity index (χ2n) is 5.13. The number of nitrogens with zero attached hydrogens (tertiary/aromatic N) is 4. The van der Waals surface area contributed by atoms with E-state index in [1.54, 1.807) is 17.8 Å². The number of hydrogen-bond donors (Lipinski definition) is 0. The summed E-state index contributed by atoms with van der Waals surface area (Å²) in [5.74, 6) is 0.588. The Morgan fingerprint density at radius 1 is 1.14 bits per heavy atom. The topological polar surface area (TPSA) is 51.0 Å². The first kappa shape index (κ1) is 13.3. The molecule has 2 heterocycles. The Labute approximate surface area is 122 Å². The van der Waals surface area contributed by atoms with Crippen molar-refractivity contribution < 1.29 is 0 Å². The largest absolute Gasteiger partial charge is 0.347 e. The van der Waals surface area contributed by atoms with E-state index in [0.717, 1.165) is 10.9 Å². The molecule has 21 heavy (non-hydrogen) atoms. The third-order valence-electron chi connectivity index (χ3n) is 3.42. The smallest absolute Gasteiger partial charge is 0.259 e. The van der Waals surface area contributed by atoms with Crippen LogP contribution < -0.4 is 10.5 Å². The predicted molar refractivity (Wildman–Crippen MR) is 84.5 cm³/mol. The minimum atomic E-state index is -0.0582. The van der Waals surface area contributed by atoms with Gasteiger partial charge in [0.1, 0.15) is 5.65 Å². The molecular formula is C16H16N4O. The fourth-order valence-corrected chi connectivity index (χ4v) is 2.28. The van der Waals surface area contributed by atoms with E-state index in [0.29, 0.717) is 17.2 Å². The number of fused-ring (bicyclic) bond motifs is 1. The molecule has 0 amide bonds. The van der Waals surface area contributed by atoms with Gasteiger partial charge >= 0.3 is 0 Å². The molecule has 0 fully saturated rings. The fraction of sp³-hybridized carbons (Fsp3) is 0.188. The summed E-state index contributed by atoms with van der Waals surface area (Å²) in [6.45, 7) is 0. The molecule has 0 aliphatic rings. The average molecular weight is 280 g/mol.